The Morgan fingerprint density at radius 3 is 2.72 bits per heavy atom. The van der Waals surface area contributed by atoms with E-state index in [4.69, 9.17) is 9.47 Å². The zero-order valence-corrected chi connectivity index (χ0v) is 18.4. The largest absolute Gasteiger partial charge is 0.486 e. The molecule has 1 heterocycles. The Kier molecular flexibility index (Phi) is 7.13. The van der Waals surface area contributed by atoms with Gasteiger partial charge in [0.25, 0.3) is 0 Å². The smallest absolute Gasteiger partial charge is 0.249 e. The Balaban J connectivity index is 1.73. The highest BCUT2D eigenvalue weighted by molar-refractivity contribution is 5.96. The van der Waals surface area contributed by atoms with Gasteiger partial charge in [0.15, 0.2) is 0 Å². The highest BCUT2D eigenvalue weighted by atomic mass is 16.5. The zero-order chi connectivity index (χ0) is 22.7. The molecule has 4 atom stereocenters. The molecule has 32 heavy (non-hydrogen) atoms. The number of amides is 2. The molecule has 0 spiro atoms. The molecule has 1 aliphatic heterocycles. The molecule has 174 valence electrons. The molecule has 4 unspecified atom stereocenters. The molecule has 0 aromatic heterocycles. The van der Waals surface area contributed by atoms with Gasteiger partial charge in [0, 0.05) is 30.3 Å². The van der Waals surface area contributed by atoms with Gasteiger partial charge in [-0.3, -0.25) is 9.59 Å². The van der Waals surface area contributed by atoms with Crippen molar-refractivity contribution in [1.29, 1.82) is 0 Å². The second-order valence-corrected chi connectivity index (χ2v) is 8.56. The van der Waals surface area contributed by atoms with Crippen molar-refractivity contribution in [1.82, 2.24) is 10.2 Å². The summed E-state index contributed by atoms with van der Waals surface area (Å²) in [7, 11) is 0. The molecule has 0 radical (unpaired) electrons. The molecule has 3 aliphatic rings. The first-order valence-corrected chi connectivity index (χ1v) is 11.5. The second-order valence-electron chi connectivity index (χ2n) is 8.56. The maximum absolute atomic E-state index is 13.2. The van der Waals surface area contributed by atoms with Gasteiger partial charge in [-0.25, -0.2) is 0 Å². The molecular formula is C24H32N2O6. The van der Waals surface area contributed by atoms with Crippen molar-refractivity contribution in [2.24, 2.45) is 0 Å². The van der Waals surface area contributed by atoms with E-state index in [1.807, 2.05) is 31.2 Å². The number of carbonyl (C=O) groups is 2. The quantitative estimate of drug-likeness (QED) is 0.555. The molecule has 4 rings (SSSR count). The van der Waals surface area contributed by atoms with E-state index in [0.717, 1.165) is 31.2 Å². The number of benzene rings is 1. The molecular weight excluding hydrogens is 412 g/mol. The summed E-state index contributed by atoms with van der Waals surface area (Å²) in [5, 5.41) is 23.3. The third-order valence-corrected chi connectivity index (χ3v) is 6.63. The van der Waals surface area contributed by atoms with E-state index in [2.05, 4.69) is 5.32 Å². The number of aliphatic hydroxyl groups is 2. The minimum atomic E-state index is -0.993. The first-order chi connectivity index (χ1) is 15.6. The van der Waals surface area contributed by atoms with Crippen LogP contribution in [0.15, 0.2) is 35.9 Å². The molecule has 1 aromatic carbocycles. The average Bonchev–Trinajstić information content (AvgIpc) is 3.46. The van der Waals surface area contributed by atoms with Crippen molar-refractivity contribution in [2.75, 3.05) is 26.4 Å². The van der Waals surface area contributed by atoms with Gasteiger partial charge in [-0.05, 0) is 31.9 Å². The predicted molar refractivity (Wildman–Crippen MR) is 117 cm³/mol. The molecule has 2 aliphatic carbocycles. The second kappa shape index (κ2) is 10.0. The fourth-order valence-corrected chi connectivity index (χ4v) is 5.22. The Labute approximate surface area is 188 Å². The van der Waals surface area contributed by atoms with Gasteiger partial charge in [-0.1, -0.05) is 31.0 Å². The van der Waals surface area contributed by atoms with Gasteiger partial charge in [0.05, 0.1) is 18.6 Å². The van der Waals surface area contributed by atoms with Gasteiger partial charge in [0.1, 0.15) is 24.6 Å². The molecule has 8 heteroatoms. The summed E-state index contributed by atoms with van der Waals surface area (Å²) in [4.78, 5) is 28.0. The molecule has 8 nitrogen and oxygen atoms in total. The molecule has 0 saturated heterocycles. The monoisotopic (exact) mass is 444 g/mol. The minimum Gasteiger partial charge on any atom is -0.486 e. The summed E-state index contributed by atoms with van der Waals surface area (Å²) in [6.45, 7) is 2.14. The summed E-state index contributed by atoms with van der Waals surface area (Å²) in [5.41, 5.74) is 1.30. The molecule has 0 bridgehead atoms. The third kappa shape index (κ3) is 4.27. The number of ether oxygens (including phenoxy) is 2. The topological polar surface area (TPSA) is 108 Å². The van der Waals surface area contributed by atoms with Gasteiger partial charge in [0.2, 0.25) is 11.8 Å². The van der Waals surface area contributed by atoms with Crippen LogP contribution in [0.25, 0.3) is 0 Å². The number of nitrogens with one attached hydrogen (secondary N) is 1. The number of rotatable bonds is 8. The maximum Gasteiger partial charge on any atom is 0.249 e. The van der Waals surface area contributed by atoms with E-state index < -0.39 is 24.2 Å². The normalized spacial score (nSPS) is 26.7. The lowest BCUT2D eigenvalue weighted by Gasteiger charge is -2.43. The Bertz CT molecular complexity index is 866. The van der Waals surface area contributed by atoms with Crippen LogP contribution in [0.5, 0.6) is 5.75 Å². The predicted octanol–water partition coefficient (Wildman–Crippen LogP) is 1.12. The van der Waals surface area contributed by atoms with Crippen molar-refractivity contribution >= 4 is 11.8 Å². The summed E-state index contributed by atoms with van der Waals surface area (Å²) < 4.78 is 11.5. The summed E-state index contributed by atoms with van der Waals surface area (Å²) in [5.74, 6) is -0.322. The minimum absolute atomic E-state index is 0.0130. The Hall–Kier alpha value is -2.42. The van der Waals surface area contributed by atoms with Crippen LogP contribution in [-0.2, 0) is 14.3 Å². The van der Waals surface area contributed by atoms with Crippen LogP contribution in [0.3, 0.4) is 0 Å². The van der Waals surface area contributed by atoms with Crippen LogP contribution in [0.4, 0.5) is 0 Å². The number of para-hydroxylation sites is 1. The van der Waals surface area contributed by atoms with Crippen LogP contribution >= 0.6 is 0 Å². The fourth-order valence-electron chi connectivity index (χ4n) is 5.22. The molecule has 1 fully saturated rings. The van der Waals surface area contributed by atoms with Crippen molar-refractivity contribution in [3.05, 3.63) is 41.5 Å². The Morgan fingerprint density at radius 2 is 2.00 bits per heavy atom. The van der Waals surface area contributed by atoms with Gasteiger partial charge < -0.3 is 29.9 Å². The number of hydrogen-bond acceptors (Lipinski definition) is 6. The SMILES string of the molecule is CCOCC(=O)N(C1CCCC1)C1C=C(C(=O)NCCO)C2c3ccccc3OC2C1O. The first-order valence-electron chi connectivity index (χ1n) is 11.5. The van der Waals surface area contributed by atoms with Crippen LogP contribution in [0.2, 0.25) is 0 Å². The van der Waals surface area contributed by atoms with Crippen LogP contribution in [0.1, 0.15) is 44.1 Å². The van der Waals surface area contributed by atoms with Crippen LogP contribution < -0.4 is 10.1 Å². The summed E-state index contributed by atoms with van der Waals surface area (Å²) in [6, 6.07) is 6.74. The first kappa shape index (κ1) is 22.8. The van der Waals surface area contributed by atoms with E-state index in [0.29, 0.717) is 17.9 Å². The number of carbonyl (C=O) groups excluding carboxylic acids is 2. The van der Waals surface area contributed by atoms with E-state index in [-0.39, 0.29) is 37.6 Å². The standard InChI is InChI=1S/C24H32N2O6/c1-2-31-14-20(28)26(15-7-3-4-8-15)18-13-17(24(30)25-11-12-27)21-16-9-5-6-10-19(16)32-23(21)22(18)29/h5-6,9-10,13,15,18,21-23,27,29H,2-4,7-8,11-12,14H2,1H3,(H,25,30). The van der Waals surface area contributed by atoms with Gasteiger partial charge in [-0.15, -0.1) is 0 Å². The van der Waals surface area contributed by atoms with E-state index >= 15 is 0 Å². The van der Waals surface area contributed by atoms with Crippen LogP contribution in [0, 0.1) is 0 Å². The Morgan fingerprint density at radius 1 is 1.25 bits per heavy atom. The molecule has 2 amide bonds. The number of hydrogen-bond donors (Lipinski definition) is 3. The van der Waals surface area contributed by atoms with Crippen molar-refractivity contribution < 1.29 is 29.3 Å². The van der Waals surface area contributed by atoms with Crippen molar-refractivity contribution in [3.8, 4) is 5.75 Å². The number of nitrogens with zero attached hydrogens (tertiary/aromatic N) is 1. The number of aliphatic hydroxyl groups excluding tert-OH is 2. The van der Waals surface area contributed by atoms with Gasteiger partial charge >= 0.3 is 0 Å². The lowest BCUT2D eigenvalue weighted by Crippen LogP contribution is -2.58. The maximum atomic E-state index is 13.2. The number of fused-ring (bicyclic) bond motifs is 3. The third-order valence-electron chi connectivity index (χ3n) is 6.63. The molecule has 3 N–H and O–H groups in total. The molecule has 1 aromatic rings. The lowest BCUT2D eigenvalue weighted by atomic mass is 9.77. The van der Waals surface area contributed by atoms with Crippen LogP contribution in [-0.4, -0.2) is 77.6 Å². The summed E-state index contributed by atoms with van der Waals surface area (Å²) >= 11 is 0. The fraction of sp³-hybridized carbons (Fsp3) is 0.583. The van der Waals surface area contributed by atoms with Crippen molar-refractivity contribution in [2.45, 2.75) is 62.8 Å². The molecule has 1 saturated carbocycles. The average molecular weight is 445 g/mol. The van der Waals surface area contributed by atoms with E-state index in [1.165, 1.54) is 0 Å². The van der Waals surface area contributed by atoms with Gasteiger partial charge in [-0.2, -0.15) is 0 Å². The lowest BCUT2D eigenvalue weighted by molar-refractivity contribution is -0.145. The highest BCUT2D eigenvalue weighted by Gasteiger charge is 2.51. The highest BCUT2D eigenvalue weighted by Crippen LogP contribution is 2.47. The van der Waals surface area contributed by atoms with E-state index in [9.17, 15) is 19.8 Å². The van der Waals surface area contributed by atoms with E-state index in [1.54, 1.807) is 11.0 Å². The summed E-state index contributed by atoms with van der Waals surface area (Å²) in [6.07, 6.45) is 3.81. The zero-order valence-electron chi connectivity index (χ0n) is 18.4. The van der Waals surface area contributed by atoms with Crippen molar-refractivity contribution in [3.63, 3.8) is 0 Å².